The van der Waals surface area contributed by atoms with Gasteiger partial charge in [-0.25, -0.2) is 0 Å². The molecule has 0 saturated carbocycles. The van der Waals surface area contributed by atoms with E-state index < -0.39 is 0 Å². The first-order valence-corrected chi connectivity index (χ1v) is 26.9. The van der Waals surface area contributed by atoms with Gasteiger partial charge in [-0.1, -0.05) is 169 Å². The van der Waals surface area contributed by atoms with Gasteiger partial charge >= 0.3 is 11.9 Å². The molecule has 0 atom stereocenters. The number of piperazine rings is 1. The molecule has 0 aromatic rings. The van der Waals surface area contributed by atoms with Gasteiger partial charge in [-0.2, -0.15) is 0 Å². The Hall–Kier alpha value is -1.18. The molecule has 1 aliphatic heterocycles. The number of ether oxygens (including phenoxy) is 2. The molecule has 1 fully saturated rings. The van der Waals surface area contributed by atoms with Gasteiger partial charge < -0.3 is 24.6 Å². The van der Waals surface area contributed by atoms with E-state index in [2.05, 4.69) is 49.9 Å². The van der Waals surface area contributed by atoms with E-state index in [1.54, 1.807) is 0 Å². The van der Waals surface area contributed by atoms with Crippen molar-refractivity contribution in [3.8, 4) is 0 Å². The van der Waals surface area contributed by atoms with Crippen molar-refractivity contribution in [2.75, 3.05) is 46.3 Å². The van der Waals surface area contributed by atoms with Crippen LogP contribution in [0.4, 0.5) is 0 Å². The largest absolute Gasteiger partial charge is 0.462 e. The molecule has 0 aromatic carbocycles. The maximum absolute atomic E-state index is 12.7. The minimum atomic E-state index is 0.0394. The molecule has 1 N–H and O–H groups in total. The first-order chi connectivity index (χ1) is 29.4. The van der Waals surface area contributed by atoms with E-state index in [4.69, 9.17) is 9.47 Å². The fourth-order valence-electron chi connectivity index (χ4n) is 8.97. The summed E-state index contributed by atoms with van der Waals surface area (Å²) < 4.78 is 12.0. The number of hydrogen-bond acceptors (Lipinski definition) is 7. The maximum Gasteiger partial charge on any atom is 0.306 e. The van der Waals surface area contributed by atoms with Crippen LogP contribution < -0.4 is 5.32 Å². The predicted octanol–water partition coefficient (Wildman–Crippen LogP) is 14.5. The van der Waals surface area contributed by atoms with E-state index >= 15 is 0 Å². The van der Waals surface area contributed by atoms with Gasteiger partial charge in [0.2, 0.25) is 0 Å². The van der Waals surface area contributed by atoms with E-state index in [0.717, 1.165) is 57.9 Å². The first kappa shape index (κ1) is 56.8. The Morgan fingerprint density at radius 1 is 0.433 bits per heavy atom. The van der Waals surface area contributed by atoms with E-state index in [0.29, 0.717) is 18.9 Å². The molecule has 7 nitrogen and oxygen atoms in total. The summed E-state index contributed by atoms with van der Waals surface area (Å²) in [6, 6.07) is 0.621. The van der Waals surface area contributed by atoms with Crippen molar-refractivity contribution < 1.29 is 19.1 Å². The number of likely N-dealkylation sites (N-methyl/N-ethyl adjacent to an activating group) is 1. The number of unbranched alkanes of at least 4 members (excludes halogenated alkanes) is 22. The van der Waals surface area contributed by atoms with Crippen LogP contribution in [0.2, 0.25) is 0 Å². The Balaban J connectivity index is 2.33. The summed E-state index contributed by atoms with van der Waals surface area (Å²) in [5.41, 5.74) is 0. The van der Waals surface area contributed by atoms with Crippen LogP contribution in [-0.4, -0.2) is 86.3 Å². The third-order valence-electron chi connectivity index (χ3n) is 13.2. The van der Waals surface area contributed by atoms with Gasteiger partial charge in [-0.15, -0.1) is 0 Å². The maximum atomic E-state index is 12.7. The second kappa shape index (κ2) is 43.1. The van der Waals surface area contributed by atoms with E-state index in [9.17, 15) is 9.59 Å². The second-order valence-corrected chi connectivity index (χ2v) is 19.1. The lowest BCUT2D eigenvalue weighted by molar-refractivity contribution is -0.151. The molecular weight excluding hydrogens is 743 g/mol. The van der Waals surface area contributed by atoms with Crippen molar-refractivity contribution in [2.45, 2.75) is 284 Å². The van der Waals surface area contributed by atoms with E-state index in [1.807, 2.05) is 0 Å². The fraction of sp³-hybridized carbons (Fsp3) is 0.962. The monoisotopic (exact) mass is 848 g/mol. The molecule has 1 aliphatic rings. The summed E-state index contributed by atoms with van der Waals surface area (Å²) >= 11 is 0. The number of carbonyl (C=O) groups excluding carboxylic acids is 2. The predicted molar refractivity (Wildman–Crippen MR) is 259 cm³/mol. The second-order valence-electron chi connectivity index (χ2n) is 19.1. The lowest BCUT2D eigenvalue weighted by Crippen LogP contribution is -2.45. The number of nitrogens with zero attached hydrogens (tertiary/aromatic N) is 2. The van der Waals surface area contributed by atoms with Crippen LogP contribution >= 0.6 is 0 Å². The number of rotatable bonds is 45. The Bertz CT molecular complexity index is 844. The fourth-order valence-corrected chi connectivity index (χ4v) is 8.97. The topological polar surface area (TPSA) is 71.1 Å². The van der Waals surface area contributed by atoms with Gasteiger partial charge in [0.25, 0.3) is 0 Å². The molecule has 0 bridgehead atoms. The zero-order valence-electron chi connectivity index (χ0n) is 41.2. The highest BCUT2D eigenvalue weighted by molar-refractivity contribution is 5.69. The van der Waals surface area contributed by atoms with Crippen LogP contribution in [0.25, 0.3) is 0 Å². The van der Waals surface area contributed by atoms with Crippen molar-refractivity contribution in [3.63, 3.8) is 0 Å². The molecule has 356 valence electrons. The smallest absolute Gasteiger partial charge is 0.306 e. The first-order valence-electron chi connectivity index (χ1n) is 26.9. The average molecular weight is 848 g/mol. The van der Waals surface area contributed by atoms with Gasteiger partial charge in [0, 0.05) is 45.1 Å². The molecule has 0 unspecified atom stereocenters. The molecular formula is C53H105N3O4. The highest BCUT2D eigenvalue weighted by Gasteiger charge is 2.17. The third kappa shape index (κ3) is 36.3. The summed E-state index contributed by atoms with van der Waals surface area (Å²) in [4.78, 5) is 30.5. The summed E-state index contributed by atoms with van der Waals surface area (Å²) in [5.74, 6) is 0.0787. The van der Waals surface area contributed by atoms with Crippen molar-refractivity contribution >= 4 is 11.9 Å². The Kier molecular flexibility index (Phi) is 40.8. The van der Waals surface area contributed by atoms with Crippen molar-refractivity contribution in [2.24, 2.45) is 0 Å². The molecule has 1 saturated heterocycles. The third-order valence-corrected chi connectivity index (χ3v) is 13.2. The standard InChI is InChI=1S/C53H105N3O4/c1-6-10-14-28-37-50(38-29-15-11-7-2)59-52(57)41-32-24-20-18-22-26-35-49(54-43-34-44-56-47-45-55(5)46-48-56)36-27-23-19-21-25-33-42-53(58)60-51(39-30-16-12-8-3)40-31-17-13-9-4/h49-51,54H,6-48H2,1-5H3. The van der Waals surface area contributed by atoms with Crippen molar-refractivity contribution in [1.29, 1.82) is 0 Å². The van der Waals surface area contributed by atoms with Crippen LogP contribution in [0.15, 0.2) is 0 Å². The number of hydrogen-bond donors (Lipinski definition) is 1. The van der Waals surface area contributed by atoms with Gasteiger partial charge in [-0.3, -0.25) is 9.59 Å². The van der Waals surface area contributed by atoms with Crippen molar-refractivity contribution in [1.82, 2.24) is 15.1 Å². The lowest BCUT2D eigenvalue weighted by Gasteiger charge is -2.32. The molecule has 1 rings (SSSR count). The zero-order chi connectivity index (χ0) is 43.6. The molecule has 1 heterocycles. The van der Waals surface area contributed by atoms with E-state index in [-0.39, 0.29) is 24.1 Å². The molecule has 0 amide bonds. The molecule has 0 radical (unpaired) electrons. The zero-order valence-corrected chi connectivity index (χ0v) is 41.2. The average Bonchev–Trinajstić information content (AvgIpc) is 3.24. The number of carbonyl (C=O) groups is 2. The van der Waals surface area contributed by atoms with Gasteiger partial charge in [0.05, 0.1) is 0 Å². The number of esters is 2. The van der Waals surface area contributed by atoms with Crippen LogP contribution in [0, 0.1) is 0 Å². The SMILES string of the molecule is CCCCCCC(CCCCCC)OC(=O)CCCCCCCCC(CCCCCCCCC(=O)OC(CCCCCC)CCCCCC)NCCCN1CCN(C)CC1. The van der Waals surface area contributed by atoms with Crippen LogP contribution in [0.1, 0.15) is 265 Å². The minimum Gasteiger partial charge on any atom is -0.462 e. The highest BCUT2D eigenvalue weighted by Crippen LogP contribution is 2.20. The normalized spacial score (nSPS) is 13.9. The quantitative estimate of drug-likeness (QED) is 0.0483. The molecule has 0 aliphatic carbocycles. The Morgan fingerprint density at radius 3 is 1.15 bits per heavy atom. The Morgan fingerprint density at radius 2 is 0.767 bits per heavy atom. The molecule has 7 heteroatoms. The molecule has 60 heavy (non-hydrogen) atoms. The summed E-state index contributed by atoms with van der Waals surface area (Å²) in [7, 11) is 2.24. The Labute approximate surface area is 374 Å². The van der Waals surface area contributed by atoms with Gasteiger partial charge in [0.15, 0.2) is 0 Å². The highest BCUT2D eigenvalue weighted by atomic mass is 16.5. The van der Waals surface area contributed by atoms with Gasteiger partial charge in [-0.05, 0) is 104 Å². The van der Waals surface area contributed by atoms with Crippen molar-refractivity contribution in [3.05, 3.63) is 0 Å². The number of nitrogens with one attached hydrogen (secondary N) is 1. The summed E-state index contributed by atoms with van der Waals surface area (Å²) in [6.45, 7) is 16.2. The summed E-state index contributed by atoms with van der Waals surface area (Å²) in [6.07, 6.45) is 43.7. The molecule has 0 aromatic heterocycles. The van der Waals surface area contributed by atoms with Crippen LogP contribution in [-0.2, 0) is 19.1 Å². The van der Waals surface area contributed by atoms with E-state index in [1.165, 1.54) is 206 Å². The summed E-state index contributed by atoms with van der Waals surface area (Å²) in [5, 5.41) is 3.98. The van der Waals surface area contributed by atoms with Crippen LogP contribution in [0.5, 0.6) is 0 Å². The lowest BCUT2D eigenvalue weighted by atomic mass is 9.99. The molecule has 0 spiro atoms. The van der Waals surface area contributed by atoms with Crippen LogP contribution in [0.3, 0.4) is 0 Å². The van der Waals surface area contributed by atoms with Gasteiger partial charge in [0.1, 0.15) is 12.2 Å². The minimum absolute atomic E-state index is 0.0394.